The van der Waals surface area contributed by atoms with Crippen LogP contribution in [0.15, 0.2) is 47.8 Å². The smallest absolute Gasteiger partial charge is 0.148 e. The van der Waals surface area contributed by atoms with Gasteiger partial charge >= 0.3 is 0 Å². The van der Waals surface area contributed by atoms with Gasteiger partial charge in [-0.05, 0) is 37.2 Å². The summed E-state index contributed by atoms with van der Waals surface area (Å²) in [7, 11) is 0. The highest BCUT2D eigenvalue weighted by Crippen LogP contribution is 2.31. The Balaban J connectivity index is 1.33. The maximum absolute atomic E-state index is 5.88. The van der Waals surface area contributed by atoms with Gasteiger partial charge in [-0.1, -0.05) is 30.3 Å². The van der Waals surface area contributed by atoms with E-state index in [0.717, 1.165) is 42.2 Å². The van der Waals surface area contributed by atoms with Crippen molar-refractivity contribution in [3.05, 3.63) is 48.3 Å². The summed E-state index contributed by atoms with van der Waals surface area (Å²) in [5.74, 6) is 2.67. The molecule has 2 aliphatic heterocycles. The van der Waals surface area contributed by atoms with Crippen LogP contribution in [-0.4, -0.2) is 35.8 Å². The van der Waals surface area contributed by atoms with Crippen LogP contribution < -0.4 is 4.90 Å². The molecule has 2 fully saturated rings. The lowest BCUT2D eigenvalue weighted by Gasteiger charge is -2.35. The lowest BCUT2D eigenvalue weighted by atomic mass is 9.90. The molecule has 0 N–H and O–H groups in total. The zero-order valence-corrected chi connectivity index (χ0v) is 15.3. The number of anilines is 1. The van der Waals surface area contributed by atoms with Gasteiger partial charge in [-0.2, -0.15) is 0 Å². The highest BCUT2D eigenvalue weighted by molar-refractivity contribution is 7.98. The summed E-state index contributed by atoms with van der Waals surface area (Å²) in [6.07, 6.45) is 9.16. The molecule has 1 unspecified atom stereocenters. The van der Waals surface area contributed by atoms with Crippen molar-refractivity contribution in [1.82, 2.24) is 9.97 Å². The minimum atomic E-state index is 0.501. The van der Waals surface area contributed by atoms with Crippen molar-refractivity contribution in [2.24, 2.45) is 5.92 Å². The Kier molecular flexibility index (Phi) is 5.52. The topological polar surface area (TPSA) is 38.2 Å². The average Bonchev–Trinajstić information content (AvgIpc) is 3.22. The zero-order valence-electron chi connectivity index (χ0n) is 14.5. The van der Waals surface area contributed by atoms with E-state index in [-0.39, 0.29) is 0 Å². The third-order valence-corrected chi connectivity index (χ3v) is 6.15. The van der Waals surface area contributed by atoms with Crippen LogP contribution in [0.3, 0.4) is 0 Å². The van der Waals surface area contributed by atoms with E-state index >= 15 is 0 Å². The fraction of sp³-hybridized carbons (Fsp3) is 0.500. The van der Waals surface area contributed by atoms with Gasteiger partial charge < -0.3 is 9.64 Å². The molecule has 1 atom stereocenters. The molecular weight excluding hydrogens is 330 g/mol. The first-order valence-electron chi connectivity index (χ1n) is 9.24. The van der Waals surface area contributed by atoms with Crippen LogP contribution in [0.2, 0.25) is 0 Å². The number of nitrogens with zero attached hydrogens (tertiary/aromatic N) is 3. The van der Waals surface area contributed by atoms with E-state index in [1.54, 1.807) is 11.8 Å². The molecule has 0 spiro atoms. The lowest BCUT2D eigenvalue weighted by Crippen LogP contribution is -2.38. The molecule has 5 heteroatoms. The zero-order chi connectivity index (χ0) is 16.9. The Morgan fingerprint density at radius 1 is 1.08 bits per heavy atom. The van der Waals surface area contributed by atoms with Crippen LogP contribution in [0, 0.1) is 5.92 Å². The molecule has 4 rings (SSSR count). The van der Waals surface area contributed by atoms with Gasteiger partial charge in [0, 0.05) is 25.4 Å². The minimum absolute atomic E-state index is 0.501. The third-order valence-electron chi connectivity index (χ3n) is 5.18. The summed E-state index contributed by atoms with van der Waals surface area (Å²) in [5, 5.41) is 1.00. The van der Waals surface area contributed by atoms with Crippen LogP contribution in [0.5, 0.6) is 0 Å². The number of thioether (sulfide) groups is 1. The molecule has 0 radical (unpaired) electrons. The Hall–Kier alpha value is -1.59. The van der Waals surface area contributed by atoms with Crippen molar-refractivity contribution in [1.29, 1.82) is 0 Å². The first kappa shape index (κ1) is 16.9. The fourth-order valence-electron chi connectivity index (χ4n) is 3.77. The van der Waals surface area contributed by atoms with Crippen LogP contribution in [0.25, 0.3) is 0 Å². The fourth-order valence-corrected chi connectivity index (χ4v) is 4.57. The number of benzene rings is 1. The average molecular weight is 356 g/mol. The van der Waals surface area contributed by atoms with E-state index in [1.807, 2.05) is 12.4 Å². The van der Waals surface area contributed by atoms with E-state index in [0.29, 0.717) is 6.10 Å². The molecule has 0 bridgehead atoms. The van der Waals surface area contributed by atoms with Crippen molar-refractivity contribution in [2.45, 2.75) is 42.6 Å². The van der Waals surface area contributed by atoms with E-state index in [9.17, 15) is 0 Å². The third kappa shape index (κ3) is 4.33. The van der Waals surface area contributed by atoms with Crippen molar-refractivity contribution in [3.8, 4) is 0 Å². The monoisotopic (exact) mass is 355 g/mol. The summed E-state index contributed by atoms with van der Waals surface area (Å²) >= 11 is 1.75. The van der Waals surface area contributed by atoms with Gasteiger partial charge in [0.2, 0.25) is 0 Å². The van der Waals surface area contributed by atoms with Crippen LogP contribution in [-0.2, 0) is 10.5 Å². The first-order chi connectivity index (χ1) is 12.4. The molecule has 1 aromatic carbocycles. The predicted octanol–water partition coefficient (Wildman–Crippen LogP) is 4.16. The number of ether oxygens (including phenoxy) is 1. The Morgan fingerprint density at radius 3 is 2.68 bits per heavy atom. The molecule has 1 aromatic heterocycles. The molecule has 2 aliphatic rings. The molecule has 4 nitrogen and oxygen atoms in total. The highest BCUT2D eigenvalue weighted by Gasteiger charge is 2.29. The molecule has 25 heavy (non-hydrogen) atoms. The van der Waals surface area contributed by atoms with Crippen molar-refractivity contribution in [2.75, 3.05) is 24.6 Å². The van der Waals surface area contributed by atoms with Gasteiger partial charge in [0.25, 0.3) is 0 Å². The quantitative estimate of drug-likeness (QED) is 0.753. The number of hydrogen-bond donors (Lipinski definition) is 0. The molecule has 2 aromatic rings. The molecule has 0 aliphatic carbocycles. The predicted molar refractivity (Wildman–Crippen MR) is 102 cm³/mol. The largest absolute Gasteiger partial charge is 0.378 e. The lowest BCUT2D eigenvalue weighted by molar-refractivity contribution is 0.0531. The first-order valence-corrected chi connectivity index (χ1v) is 10.2. The summed E-state index contributed by atoms with van der Waals surface area (Å²) < 4.78 is 5.88. The van der Waals surface area contributed by atoms with E-state index < -0.39 is 0 Å². The molecule has 2 saturated heterocycles. The second-order valence-electron chi connectivity index (χ2n) is 6.87. The molecule has 0 amide bonds. The second kappa shape index (κ2) is 8.19. The number of hydrogen-bond acceptors (Lipinski definition) is 5. The number of aromatic nitrogens is 2. The van der Waals surface area contributed by atoms with Gasteiger partial charge in [-0.3, -0.25) is 4.98 Å². The Bertz CT molecular complexity index is 668. The van der Waals surface area contributed by atoms with Gasteiger partial charge in [0.1, 0.15) is 10.8 Å². The normalized spacial score (nSPS) is 21.6. The maximum atomic E-state index is 5.88. The number of rotatable bonds is 5. The molecular formula is C20H25N3OS. The summed E-state index contributed by atoms with van der Waals surface area (Å²) in [4.78, 5) is 11.6. The van der Waals surface area contributed by atoms with Crippen molar-refractivity contribution in [3.63, 3.8) is 0 Å². The second-order valence-corrected chi connectivity index (χ2v) is 7.86. The number of piperidine rings is 1. The van der Waals surface area contributed by atoms with Gasteiger partial charge in [-0.25, -0.2) is 4.98 Å². The Morgan fingerprint density at radius 2 is 1.92 bits per heavy atom. The van der Waals surface area contributed by atoms with E-state index in [2.05, 4.69) is 40.2 Å². The summed E-state index contributed by atoms with van der Waals surface area (Å²) in [6, 6.07) is 10.5. The molecule has 132 valence electrons. The molecule has 0 saturated carbocycles. The Labute approximate surface area is 154 Å². The van der Waals surface area contributed by atoms with Crippen molar-refractivity contribution >= 4 is 17.6 Å². The summed E-state index contributed by atoms with van der Waals surface area (Å²) in [5.41, 5.74) is 1.32. The van der Waals surface area contributed by atoms with Crippen LogP contribution >= 0.6 is 11.8 Å². The maximum Gasteiger partial charge on any atom is 0.148 e. The minimum Gasteiger partial charge on any atom is -0.378 e. The summed E-state index contributed by atoms with van der Waals surface area (Å²) in [6.45, 7) is 3.08. The molecule has 3 heterocycles. The highest BCUT2D eigenvalue weighted by atomic mass is 32.2. The van der Waals surface area contributed by atoms with E-state index in [4.69, 9.17) is 9.72 Å². The van der Waals surface area contributed by atoms with Gasteiger partial charge in [0.05, 0.1) is 18.5 Å². The van der Waals surface area contributed by atoms with Crippen LogP contribution in [0.1, 0.15) is 31.2 Å². The standard InChI is InChI=1S/C20H25N3OS/c1-2-5-16(6-3-1)15-25-20-14-21-13-19(22-20)23-10-8-17(9-11-23)18-7-4-12-24-18/h1-3,5-6,13-14,17-18H,4,7-12,15H2. The van der Waals surface area contributed by atoms with E-state index in [1.165, 1.54) is 31.2 Å². The van der Waals surface area contributed by atoms with Gasteiger partial charge in [-0.15, -0.1) is 11.8 Å². The van der Waals surface area contributed by atoms with Gasteiger partial charge in [0.15, 0.2) is 0 Å². The van der Waals surface area contributed by atoms with Crippen molar-refractivity contribution < 1.29 is 4.74 Å². The SMILES string of the molecule is c1ccc(CSc2cncc(N3CCC(C4CCCO4)CC3)n2)cc1. The van der Waals surface area contributed by atoms with Crippen LogP contribution in [0.4, 0.5) is 5.82 Å².